The van der Waals surface area contributed by atoms with Crippen LogP contribution < -0.4 is 5.32 Å². The van der Waals surface area contributed by atoms with Gasteiger partial charge in [-0.1, -0.05) is 19.1 Å². The van der Waals surface area contributed by atoms with Gasteiger partial charge in [-0.05, 0) is 41.1 Å². The third kappa shape index (κ3) is 4.41. The van der Waals surface area contributed by atoms with Crippen molar-refractivity contribution >= 4 is 34.2 Å². The van der Waals surface area contributed by atoms with E-state index in [9.17, 15) is 4.79 Å². The van der Waals surface area contributed by atoms with Gasteiger partial charge in [0.1, 0.15) is 6.07 Å². The van der Waals surface area contributed by atoms with Crippen LogP contribution in [0.3, 0.4) is 0 Å². The monoisotopic (exact) mass is 356 g/mol. The normalized spacial score (nSPS) is 12.1. The average Bonchev–Trinajstić information content (AvgIpc) is 2.39. The lowest BCUT2D eigenvalue weighted by Crippen LogP contribution is -2.32. The molecule has 0 aromatic heterocycles. The first kappa shape index (κ1) is 14.6. The maximum Gasteiger partial charge on any atom is 0.261 e. The second-order valence-electron chi connectivity index (χ2n) is 3.49. The van der Waals surface area contributed by atoms with Gasteiger partial charge in [0.05, 0.1) is 5.69 Å². The molecule has 0 heterocycles. The Bertz CT molecular complexity index is 481. The van der Waals surface area contributed by atoms with Gasteiger partial charge >= 0.3 is 0 Å². The molecule has 1 rings (SSSR count). The van der Waals surface area contributed by atoms with Crippen LogP contribution >= 0.6 is 22.6 Å². The first-order valence-corrected chi connectivity index (χ1v) is 6.59. The number of nitrogens with zero attached hydrogens (tertiary/aromatic N) is 3. The molecule has 1 N–H and O–H groups in total. The minimum absolute atomic E-state index is 0.408. The predicted molar refractivity (Wildman–Crippen MR) is 76.4 cm³/mol. The summed E-state index contributed by atoms with van der Waals surface area (Å²) in [5, 5.41) is 19.2. The summed E-state index contributed by atoms with van der Waals surface area (Å²) < 4.78 is 0.921. The van der Waals surface area contributed by atoms with Crippen molar-refractivity contribution in [2.75, 3.05) is 6.54 Å². The Morgan fingerprint density at radius 1 is 1.56 bits per heavy atom. The lowest BCUT2D eigenvalue weighted by Gasteiger charge is -2.04. The van der Waals surface area contributed by atoms with Gasteiger partial charge in [0.25, 0.3) is 5.91 Å². The summed E-state index contributed by atoms with van der Waals surface area (Å²) in [6, 6.07) is 8.11. The Morgan fingerprint density at radius 3 is 2.89 bits per heavy atom. The Labute approximate surface area is 119 Å². The highest BCUT2D eigenvalue weighted by atomic mass is 127. The zero-order valence-corrected chi connectivity index (χ0v) is 12.1. The van der Waals surface area contributed by atoms with E-state index in [0.29, 0.717) is 12.2 Å². The minimum Gasteiger partial charge on any atom is -0.353 e. The lowest BCUT2D eigenvalue weighted by atomic mass is 10.3. The number of carbonyl (C=O) groups excluding carboxylic acids is 1. The Kier molecular flexibility index (Phi) is 6.28. The Balaban J connectivity index is 2.72. The van der Waals surface area contributed by atoms with Crippen molar-refractivity contribution in [3.63, 3.8) is 0 Å². The molecule has 1 aromatic rings. The van der Waals surface area contributed by atoms with E-state index in [-0.39, 0.29) is 0 Å². The van der Waals surface area contributed by atoms with Gasteiger partial charge in [-0.15, -0.1) is 0 Å². The third-order valence-electron chi connectivity index (χ3n) is 2.05. The molecule has 0 aliphatic rings. The van der Waals surface area contributed by atoms with Gasteiger partial charge in [-0.25, -0.2) is 0 Å². The molecule has 1 unspecified atom stereocenters. The van der Waals surface area contributed by atoms with E-state index in [4.69, 9.17) is 5.26 Å². The molecule has 94 valence electrons. The lowest BCUT2D eigenvalue weighted by molar-refractivity contribution is -0.121. The van der Waals surface area contributed by atoms with Gasteiger partial charge in [-0.3, -0.25) is 4.79 Å². The van der Waals surface area contributed by atoms with Crippen LogP contribution in [0.5, 0.6) is 0 Å². The van der Waals surface area contributed by atoms with Gasteiger partial charge in [0.2, 0.25) is 6.04 Å². The number of halogens is 1. The summed E-state index contributed by atoms with van der Waals surface area (Å²) in [6.45, 7) is 2.48. The quantitative estimate of drug-likeness (QED) is 0.651. The number of hydrogen-bond donors (Lipinski definition) is 1. The molecule has 0 saturated carbocycles. The van der Waals surface area contributed by atoms with Gasteiger partial charge in [0.15, 0.2) is 0 Å². The molecular formula is C12H13IN4O. The van der Waals surface area contributed by atoms with Gasteiger partial charge in [-0.2, -0.15) is 15.5 Å². The summed E-state index contributed by atoms with van der Waals surface area (Å²) in [5.41, 5.74) is 0.654. The largest absolute Gasteiger partial charge is 0.353 e. The van der Waals surface area contributed by atoms with Crippen LogP contribution in [-0.2, 0) is 4.79 Å². The number of azo groups is 1. The van der Waals surface area contributed by atoms with Crippen molar-refractivity contribution in [3.05, 3.63) is 27.8 Å². The van der Waals surface area contributed by atoms with E-state index in [1.807, 2.05) is 31.2 Å². The Hall–Kier alpha value is -1.49. The molecule has 0 spiro atoms. The first-order valence-electron chi connectivity index (χ1n) is 5.51. The maximum atomic E-state index is 11.6. The van der Waals surface area contributed by atoms with Crippen molar-refractivity contribution < 1.29 is 4.79 Å². The van der Waals surface area contributed by atoms with E-state index in [0.717, 1.165) is 9.99 Å². The highest BCUT2D eigenvalue weighted by molar-refractivity contribution is 14.1. The zero-order valence-electron chi connectivity index (χ0n) is 9.93. The number of rotatable bonds is 5. The summed E-state index contributed by atoms with van der Waals surface area (Å²) in [5.74, 6) is -0.408. The molecule has 0 bridgehead atoms. The molecule has 18 heavy (non-hydrogen) atoms. The fraction of sp³-hybridized carbons (Fsp3) is 0.333. The van der Waals surface area contributed by atoms with Crippen molar-refractivity contribution in [3.8, 4) is 6.07 Å². The van der Waals surface area contributed by atoms with Crippen molar-refractivity contribution in [2.24, 2.45) is 10.2 Å². The molecule has 1 aromatic carbocycles. The van der Waals surface area contributed by atoms with E-state index in [2.05, 4.69) is 38.1 Å². The maximum absolute atomic E-state index is 11.6. The molecule has 0 saturated heterocycles. The molecule has 1 amide bonds. The molecule has 6 heteroatoms. The van der Waals surface area contributed by atoms with Crippen LogP contribution in [0.1, 0.15) is 13.3 Å². The van der Waals surface area contributed by atoms with Crippen LogP contribution in [0.15, 0.2) is 34.5 Å². The summed E-state index contributed by atoms with van der Waals surface area (Å²) in [6.07, 6.45) is 0.817. The predicted octanol–water partition coefficient (Wildman–Crippen LogP) is 2.79. The third-order valence-corrected chi connectivity index (χ3v) is 2.97. The van der Waals surface area contributed by atoms with Crippen LogP contribution in [-0.4, -0.2) is 18.5 Å². The highest BCUT2D eigenvalue weighted by Crippen LogP contribution is 2.20. The first-order chi connectivity index (χ1) is 8.69. The summed E-state index contributed by atoms with van der Waals surface area (Å²) in [4.78, 5) is 11.6. The van der Waals surface area contributed by atoms with Gasteiger partial charge in [0, 0.05) is 10.1 Å². The van der Waals surface area contributed by atoms with Crippen molar-refractivity contribution in [2.45, 2.75) is 19.4 Å². The molecule has 5 nitrogen and oxygen atoms in total. The highest BCUT2D eigenvalue weighted by Gasteiger charge is 2.15. The number of hydrogen-bond acceptors (Lipinski definition) is 4. The molecule has 0 aliphatic carbocycles. The number of nitriles is 1. The van der Waals surface area contributed by atoms with Gasteiger partial charge < -0.3 is 5.32 Å². The van der Waals surface area contributed by atoms with E-state index in [1.54, 1.807) is 6.07 Å². The number of nitrogens with one attached hydrogen (secondary N) is 1. The SMILES string of the molecule is CCCNC(=O)C(C#N)N=Nc1ccccc1I. The zero-order chi connectivity index (χ0) is 13.4. The van der Waals surface area contributed by atoms with Crippen LogP contribution in [0.2, 0.25) is 0 Å². The Morgan fingerprint density at radius 2 is 2.28 bits per heavy atom. The fourth-order valence-corrected chi connectivity index (χ4v) is 1.63. The second kappa shape index (κ2) is 7.76. The number of carbonyl (C=O) groups is 1. The van der Waals surface area contributed by atoms with Crippen LogP contribution in [0.25, 0.3) is 0 Å². The average molecular weight is 356 g/mol. The topological polar surface area (TPSA) is 77.6 Å². The summed E-state index contributed by atoms with van der Waals surface area (Å²) in [7, 11) is 0. The van der Waals surface area contributed by atoms with Crippen LogP contribution in [0.4, 0.5) is 5.69 Å². The molecule has 1 atom stereocenters. The van der Waals surface area contributed by atoms with Crippen LogP contribution in [0, 0.1) is 14.9 Å². The molecule has 0 aliphatic heterocycles. The smallest absolute Gasteiger partial charge is 0.261 e. The molecule has 0 fully saturated rings. The van der Waals surface area contributed by atoms with E-state index in [1.165, 1.54) is 0 Å². The fourth-order valence-electron chi connectivity index (χ4n) is 1.13. The second-order valence-corrected chi connectivity index (χ2v) is 4.65. The van der Waals surface area contributed by atoms with Crippen molar-refractivity contribution in [1.29, 1.82) is 5.26 Å². The minimum atomic E-state index is -1.09. The summed E-state index contributed by atoms with van der Waals surface area (Å²) >= 11 is 2.12. The standard InChI is InChI=1S/C12H13IN4O/c1-2-7-15-12(18)11(8-14)17-16-10-6-4-3-5-9(10)13/h3-6,11H,2,7H2,1H3,(H,15,18). The van der Waals surface area contributed by atoms with Crippen molar-refractivity contribution in [1.82, 2.24) is 5.32 Å². The van der Waals surface area contributed by atoms with E-state index >= 15 is 0 Å². The van der Waals surface area contributed by atoms with E-state index < -0.39 is 11.9 Å². The molecular weight excluding hydrogens is 343 g/mol. The number of benzene rings is 1. The molecule has 0 radical (unpaired) electrons. The number of amides is 1.